The molecule has 0 radical (unpaired) electrons. The van der Waals surface area contributed by atoms with E-state index in [0.717, 1.165) is 25.7 Å². The fourth-order valence-electron chi connectivity index (χ4n) is 4.40. The molecule has 0 fully saturated rings. The second-order valence-electron chi connectivity index (χ2n) is 9.92. The molecule has 0 aliphatic heterocycles. The molecule has 0 aromatic heterocycles. The van der Waals surface area contributed by atoms with Crippen LogP contribution in [-0.4, -0.2) is 65.2 Å². The third-order valence-corrected chi connectivity index (χ3v) is 8.83. The fraction of sp³-hybridized carbons (Fsp3) is 0.955. The number of quaternary nitrogens is 1. The summed E-state index contributed by atoms with van der Waals surface area (Å²) in [6, 6.07) is -1.78. The van der Waals surface area contributed by atoms with Gasteiger partial charge in [-0.3, -0.25) is 9.04 Å². The number of nitrogens with two attached hydrogens (primary N) is 1. The summed E-state index contributed by atoms with van der Waals surface area (Å²) in [6.45, 7) is 6.89. The second kappa shape index (κ2) is 12.5. The molecule has 0 spiro atoms. The van der Waals surface area contributed by atoms with Gasteiger partial charge < -0.3 is 20.7 Å². The number of hydrogen-bond acceptors (Lipinski definition) is 6. The smallest absolute Gasteiger partial charge is 0.330 e. The van der Waals surface area contributed by atoms with Crippen molar-refractivity contribution in [1.82, 2.24) is 0 Å². The zero-order valence-electron chi connectivity index (χ0n) is 20.4. The van der Waals surface area contributed by atoms with Gasteiger partial charge in [0.25, 0.3) is 4.87 Å². The summed E-state index contributed by atoms with van der Waals surface area (Å²) in [5.41, 5.74) is 5.01. The van der Waals surface area contributed by atoms with Crippen LogP contribution in [0.3, 0.4) is 0 Å². The number of rotatable bonds is 17. The van der Waals surface area contributed by atoms with Gasteiger partial charge in [-0.05, 0) is 27.2 Å². The van der Waals surface area contributed by atoms with E-state index in [2.05, 4.69) is 6.92 Å². The van der Waals surface area contributed by atoms with Crippen molar-refractivity contribution in [2.45, 2.75) is 121 Å². The highest BCUT2D eigenvalue weighted by Crippen LogP contribution is 2.40. The summed E-state index contributed by atoms with van der Waals surface area (Å²) in [5.74, 6) is -2.02. The highest BCUT2D eigenvalue weighted by molar-refractivity contribution is 7.88. The van der Waals surface area contributed by atoms with Crippen molar-refractivity contribution in [2.75, 3.05) is 14.1 Å². The molecule has 186 valence electrons. The van der Waals surface area contributed by atoms with E-state index in [-0.39, 0.29) is 0 Å². The standard InChI is InChI=1S/C22H46N2O6S/c1-7-8-9-10-11-12-13-14-15-16-17-21(3,4)24(5,6)22(20(26)27,31(28,29)30)19(23)18(2)25/h18-19,25H,7-17,23H2,1-6H3,(H-,26,27,28,29,30). The van der Waals surface area contributed by atoms with E-state index in [1.165, 1.54) is 59.5 Å². The number of aliphatic hydroxyl groups is 1. The number of likely N-dealkylation sites (N-methyl/N-ethyl adjacent to an activating group) is 1. The van der Waals surface area contributed by atoms with Crippen LogP contribution in [-0.2, 0) is 14.9 Å². The van der Waals surface area contributed by atoms with Crippen molar-refractivity contribution in [1.29, 1.82) is 0 Å². The Kier molecular flexibility index (Phi) is 12.2. The van der Waals surface area contributed by atoms with Gasteiger partial charge in [0, 0.05) is 6.42 Å². The summed E-state index contributed by atoms with van der Waals surface area (Å²) in [5, 5.41) is 22.2. The van der Waals surface area contributed by atoms with E-state index in [4.69, 9.17) is 5.73 Å². The normalized spacial score (nSPS) is 17.2. The van der Waals surface area contributed by atoms with E-state index >= 15 is 0 Å². The maximum atomic E-state index is 12.4. The Morgan fingerprint density at radius 3 is 1.71 bits per heavy atom. The first-order chi connectivity index (χ1) is 14.1. The predicted molar refractivity (Wildman–Crippen MR) is 122 cm³/mol. The van der Waals surface area contributed by atoms with Crippen LogP contribution in [0.25, 0.3) is 0 Å². The molecule has 3 unspecified atom stereocenters. The first-order valence-corrected chi connectivity index (χ1v) is 13.0. The van der Waals surface area contributed by atoms with Gasteiger partial charge in [-0.25, -0.2) is 0 Å². The van der Waals surface area contributed by atoms with Crippen molar-refractivity contribution < 1.29 is 32.5 Å². The van der Waals surface area contributed by atoms with Gasteiger partial charge in [-0.1, -0.05) is 64.7 Å². The summed E-state index contributed by atoms with van der Waals surface area (Å²) in [4.78, 5) is 9.28. The zero-order valence-corrected chi connectivity index (χ0v) is 21.2. The predicted octanol–water partition coefficient (Wildman–Crippen LogP) is 2.19. The minimum atomic E-state index is -5.24. The van der Waals surface area contributed by atoms with Crippen LogP contribution in [0.5, 0.6) is 0 Å². The first-order valence-electron chi connectivity index (χ1n) is 11.6. The lowest BCUT2D eigenvalue weighted by molar-refractivity contribution is -0.966. The van der Waals surface area contributed by atoms with Gasteiger partial charge in [0.1, 0.15) is 12.0 Å². The summed E-state index contributed by atoms with van der Waals surface area (Å²) < 4.78 is 34.1. The van der Waals surface area contributed by atoms with Crippen molar-refractivity contribution in [3.8, 4) is 0 Å². The minimum Gasteiger partial charge on any atom is -0.543 e. The quantitative estimate of drug-likeness (QED) is 0.169. The van der Waals surface area contributed by atoms with E-state index in [0.29, 0.717) is 6.42 Å². The van der Waals surface area contributed by atoms with Crippen molar-refractivity contribution in [3.05, 3.63) is 0 Å². The SMILES string of the molecule is CCCCCCCCCCCCC(C)(C)[N+](C)(C)C(C(=O)[O-])(C(N)C(C)O)S(=O)(=O)O. The molecule has 0 rings (SSSR count). The van der Waals surface area contributed by atoms with E-state index < -0.39 is 43.1 Å². The van der Waals surface area contributed by atoms with Crippen LogP contribution in [0.15, 0.2) is 0 Å². The summed E-state index contributed by atoms with van der Waals surface area (Å²) >= 11 is 0. The molecule has 8 nitrogen and oxygen atoms in total. The topological polar surface area (TPSA) is 141 Å². The number of aliphatic hydroxyl groups excluding tert-OH is 1. The monoisotopic (exact) mass is 466 g/mol. The van der Waals surface area contributed by atoms with E-state index in [9.17, 15) is 28.0 Å². The van der Waals surface area contributed by atoms with Crippen molar-refractivity contribution >= 4 is 16.1 Å². The average molecular weight is 467 g/mol. The van der Waals surface area contributed by atoms with Gasteiger partial charge in [-0.15, -0.1) is 0 Å². The number of hydrogen-bond donors (Lipinski definition) is 3. The highest BCUT2D eigenvalue weighted by atomic mass is 32.2. The lowest BCUT2D eigenvalue weighted by Crippen LogP contribution is -2.83. The number of aliphatic carboxylic acids is 1. The lowest BCUT2D eigenvalue weighted by Gasteiger charge is -2.57. The number of unbranched alkanes of at least 4 members (excludes halogenated alkanes) is 9. The Balaban J connectivity index is 5.23. The molecule has 0 saturated heterocycles. The van der Waals surface area contributed by atoms with Crippen LogP contribution in [0.2, 0.25) is 0 Å². The van der Waals surface area contributed by atoms with Gasteiger partial charge in [-0.2, -0.15) is 8.42 Å². The highest BCUT2D eigenvalue weighted by Gasteiger charge is 2.67. The molecule has 0 bridgehead atoms. The average Bonchev–Trinajstić information content (AvgIpc) is 2.61. The third-order valence-electron chi connectivity index (χ3n) is 7.14. The Labute approximate surface area is 189 Å². The summed E-state index contributed by atoms with van der Waals surface area (Å²) in [7, 11) is -2.43. The Bertz CT molecular complexity index is 648. The maximum Gasteiger partial charge on any atom is 0.330 e. The summed E-state index contributed by atoms with van der Waals surface area (Å²) in [6.07, 6.45) is 10.5. The molecule has 4 N–H and O–H groups in total. The Hall–Kier alpha value is -0.740. The maximum absolute atomic E-state index is 12.4. The van der Waals surface area contributed by atoms with E-state index in [1.54, 1.807) is 13.8 Å². The van der Waals surface area contributed by atoms with Gasteiger partial charge in [0.2, 0.25) is 0 Å². The molecule has 9 heteroatoms. The van der Waals surface area contributed by atoms with Crippen molar-refractivity contribution in [2.24, 2.45) is 5.73 Å². The molecule has 0 heterocycles. The van der Waals surface area contributed by atoms with Crippen LogP contribution in [0.1, 0.15) is 98.3 Å². The van der Waals surface area contributed by atoms with Crippen LogP contribution in [0.4, 0.5) is 0 Å². The van der Waals surface area contributed by atoms with Crippen LogP contribution < -0.4 is 10.8 Å². The molecule has 31 heavy (non-hydrogen) atoms. The van der Waals surface area contributed by atoms with Gasteiger partial charge in [0.05, 0.1) is 25.7 Å². The zero-order chi connectivity index (χ0) is 24.5. The molecule has 0 saturated carbocycles. The molecular weight excluding hydrogens is 420 g/mol. The van der Waals surface area contributed by atoms with Crippen LogP contribution >= 0.6 is 0 Å². The van der Waals surface area contributed by atoms with E-state index in [1.807, 2.05) is 0 Å². The number of nitrogens with zero attached hydrogens (tertiary/aromatic N) is 1. The number of carbonyl (C=O) groups is 1. The molecule has 0 aromatic rings. The third kappa shape index (κ3) is 7.12. The molecule has 0 aromatic carbocycles. The lowest BCUT2D eigenvalue weighted by atomic mass is 9.87. The number of carbonyl (C=O) groups excluding carboxylic acids is 1. The fourth-order valence-corrected chi connectivity index (χ4v) is 5.98. The Morgan fingerprint density at radius 2 is 1.39 bits per heavy atom. The van der Waals surface area contributed by atoms with Gasteiger partial charge >= 0.3 is 10.1 Å². The number of carboxylic acids is 1. The molecule has 0 aliphatic rings. The van der Waals surface area contributed by atoms with Crippen molar-refractivity contribution in [3.63, 3.8) is 0 Å². The number of carboxylic acid groups (broad SMARTS) is 1. The molecule has 0 amide bonds. The molecule has 3 atom stereocenters. The Morgan fingerprint density at radius 1 is 1.00 bits per heavy atom. The molecule has 0 aliphatic carbocycles. The minimum absolute atomic E-state index is 0.521. The van der Waals surface area contributed by atoms with Crippen LogP contribution in [0, 0.1) is 0 Å². The molecular formula is C22H46N2O6S. The largest absolute Gasteiger partial charge is 0.543 e. The van der Waals surface area contributed by atoms with Gasteiger partial charge in [0.15, 0.2) is 0 Å². The second-order valence-corrected chi connectivity index (χ2v) is 11.5. The first kappa shape index (κ1) is 30.3.